The molecule has 4 atom stereocenters. The van der Waals surface area contributed by atoms with Gasteiger partial charge in [0.15, 0.2) is 23.0 Å². The maximum absolute atomic E-state index is 14.1. The number of oxime groups is 1. The van der Waals surface area contributed by atoms with E-state index in [1.54, 1.807) is 88.7 Å². The summed E-state index contributed by atoms with van der Waals surface area (Å²) in [5, 5.41) is 16.3. The summed E-state index contributed by atoms with van der Waals surface area (Å²) in [6.07, 6.45) is -1.26. The smallest absolute Gasteiger partial charge is 0.378 e. The number of ether oxygens (including phenoxy) is 5. The van der Waals surface area contributed by atoms with E-state index in [1.165, 1.54) is 49.3 Å². The highest BCUT2D eigenvalue weighted by molar-refractivity contribution is 8.02. The van der Waals surface area contributed by atoms with Gasteiger partial charge in [-0.1, -0.05) is 52.8 Å². The number of hydrogen-bond donors (Lipinski definition) is 2. The third-order valence-electron chi connectivity index (χ3n) is 12.5. The van der Waals surface area contributed by atoms with Crippen LogP contribution in [-0.4, -0.2) is 148 Å². The summed E-state index contributed by atoms with van der Waals surface area (Å²) in [7, 11) is 8.49. The third-order valence-corrected chi connectivity index (χ3v) is 15.4. The normalized spacial score (nSPS) is 18.6. The minimum absolute atomic E-state index is 0.0278. The zero-order chi connectivity index (χ0) is 56.9. The first-order valence-electron chi connectivity index (χ1n) is 24.2. The topological polar surface area (TPSA) is 268 Å². The number of thioether (sulfide) groups is 1. The molecule has 3 aliphatic heterocycles. The molecule has 1 unspecified atom stereocenters. The van der Waals surface area contributed by atoms with Crippen LogP contribution in [0.3, 0.4) is 0 Å². The Morgan fingerprint density at radius 3 is 2.10 bits per heavy atom. The molecular formula is C52H56BClN6O16S2. The summed E-state index contributed by atoms with van der Waals surface area (Å²) in [6.45, 7) is 7.83. The fourth-order valence-electron chi connectivity index (χ4n) is 8.27. The summed E-state index contributed by atoms with van der Waals surface area (Å²) in [4.78, 5) is 120. The standard InChI is InChI=1S/C52H56BClN6O16S2/c1-28-55-36(26-77-28)41(57-76-51(5,6)47(67)74-50(2,3)4)37(62)22-35-45(66)58-27-52(48(68)75-53,78-46(35)58)59-19-20-60(49(59)69)56-44(65)31(23-61)21-38(63)42(64)34-17-18-39(72-24-29-9-13-32(70-7)14-10-29)43(40(34)54)73-25-30-11-15-33(71-8)16-12-30/h9-18,26,31,35,46,61H,19-25,27H2,1-8H3,(H,56,65)/b57-41-/t31-,35?,46+,52+/m0/s1. The number of ketones is 3. The van der Waals surface area contributed by atoms with Gasteiger partial charge in [-0.3, -0.25) is 39.1 Å². The van der Waals surface area contributed by atoms with Crippen LogP contribution in [0, 0.1) is 18.8 Å². The summed E-state index contributed by atoms with van der Waals surface area (Å²) in [5.74, 6) is -7.54. The third kappa shape index (κ3) is 12.9. The van der Waals surface area contributed by atoms with Gasteiger partial charge in [0.1, 0.15) is 36.0 Å². The Bertz CT molecular complexity index is 3010. The molecule has 26 heteroatoms. The predicted octanol–water partition coefficient (Wildman–Crippen LogP) is 5.15. The number of thiazole rings is 1. The van der Waals surface area contributed by atoms with Gasteiger partial charge in [0.25, 0.3) is 0 Å². The minimum Gasteiger partial charge on any atom is -0.541 e. The monoisotopic (exact) mass is 1130 g/mol. The molecule has 22 nitrogen and oxygen atoms in total. The molecule has 3 aromatic carbocycles. The number of hydrazine groups is 1. The van der Waals surface area contributed by atoms with Gasteiger partial charge in [0, 0.05) is 30.3 Å². The van der Waals surface area contributed by atoms with E-state index in [2.05, 4.69) is 20.2 Å². The Balaban J connectivity index is 1.01. The van der Waals surface area contributed by atoms with Gasteiger partial charge in [-0.25, -0.2) is 19.6 Å². The van der Waals surface area contributed by atoms with Gasteiger partial charge in [0.2, 0.25) is 33.9 Å². The summed E-state index contributed by atoms with van der Waals surface area (Å²) < 4.78 is 32.8. The Labute approximate surface area is 463 Å². The molecule has 412 valence electrons. The van der Waals surface area contributed by atoms with Gasteiger partial charge in [-0.15, -0.1) is 11.3 Å². The molecule has 3 fully saturated rings. The van der Waals surface area contributed by atoms with Gasteiger partial charge in [-0.2, -0.15) is 0 Å². The first-order valence-corrected chi connectivity index (χ1v) is 26.3. The second-order valence-electron chi connectivity index (χ2n) is 19.6. The van der Waals surface area contributed by atoms with Crippen molar-refractivity contribution in [3.63, 3.8) is 0 Å². The first-order chi connectivity index (χ1) is 36.9. The highest BCUT2D eigenvalue weighted by Crippen LogP contribution is 2.53. The number of rotatable bonds is 24. The second-order valence-corrected chi connectivity index (χ2v) is 22.5. The van der Waals surface area contributed by atoms with Crippen molar-refractivity contribution in [3.8, 4) is 23.0 Å². The highest BCUT2D eigenvalue weighted by Gasteiger charge is 2.66. The van der Waals surface area contributed by atoms with Crippen molar-refractivity contribution in [2.24, 2.45) is 17.0 Å². The van der Waals surface area contributed by atoms with Crippen LogP contribution in [0.25, 0.3) is 0 Å². The lowest BCUT2D eigenvalue weighted by molar-refractivity contribution is -0.179. The number of fused-ring (bicyclic) bond motifs is 1. The molecule has 2 radical (unpaired) electrons. The number of β-lactam (4-membered cyclic amide) rings is 1. The average molecular weight is 1130 g/mol. The number of aliphatic hydroxyl groups excluding tert-OH is 1. The van der Waals surface area contributed by atoms with Crippen LogP contribution in [0.4, 0.5) is 4.79 Å². The molecule has 1 aromatic heterocycles. The van der Waals surface area contributed by atoms with E-state index in [4.69, 9.17) is 48.2 Å². The van der Waals surface area contributed by atoms with Crippen molar-refractivity contribution >= 4 is 95.6 Å². The molecule has 78 heavy (non-hydrogen) atoms. The molecule has 0 spiro atoms. The summed E-state index contributed by atoms with van der Waals surface area (Å²) >= 11 is 8.88. The lowest BCUT2D eigenvalue weighted by Crippen LogP contribution is -2.60. The largest absolute Gasteiger partial charge is 0.541 e. The Morgan fingerprint density at radius 1 is 0.910 bits per heavy atom. The summed E-state index contributed by atoms with van der Waals surface area (Å²) in [5.41, 5.74) is 0.959. The van der Waals surface area contributed by atoms with E-state index < -0.39 is 106 Å². The van der Waals surface area contributed by atoms with Crippen molar-refractivity contribution in [1.29, 1.82) is 0 Å². The number of methoxy groups -OCH3 is 2. The zero-order valence-electron chi connectivity index (χ0n) is 43.8. The van der Waals surface area contributed by atoms with Crippen LogP contribution in [0.5, 0.6) is 23.0 Å². The molecule has 0 bridgehead atoms. The fourth-order valence-corrected chi connectivity index (χ4v) is 10.9. The number of esters is 1. The molecule has 4 amide bonds. The van der Waals surface area contributed by atoms with Crippen molar-refractivity contribution in [2.45, 2.75) is 89.0 Å². The van der Waals surface area contributed by atoms with E-state index in [-0.39, 0.29) is 59.8 Å². The number of hydrogen-bond acceptors (Lipinski definition) is 20. The van der Waals surface area contributed by atoms with Crippen LogP contribution in [0.2, 0.25) is 5.02 Å². The molecule has 4 aromatic rings. The van der Waals surface area contributed by atoms with Crippen molar-refractivity contribution in [2.75, 3.05) is 40.5 Å². The maximum atomic E-state index is 14.1. The number of amides is 4. The average Bonchev–Trinajstić information content (AvgIpc) is 4.20. The van der Waals surface area contributed by atoms with E-state index in [9.17, 15) is 43.5 Å². The van der Waals surface area contributed by atoms with E-state index >= 15 is 0 Å². The molecular weight excluding hydrogens is 1070 g/mol. The van der Waals surface area contributed by atoms with Crippen LogP contribution in [0.1, 0.15) is 79.6 Å². The SMILES string of the molecule is [B]OC(=O)[C@@]1(N2CCN(NC(=O)[C@H](CO)CC(=O)C(=O)c3ccc(OCc4ccc(OC)cc4)c(OCc4ccc(OC)cc4)c3Cl)C2=O)CN2C(=O)C(CC(=O)/C(=N\OC(C)(C)C(=O)OC(C)(C)C)c3csc(C)n3)[C@H]2S1. The van der Waals surface area contributed by atoms with E-state index in [0.29, 0.717) is 22.1 Å². The molecule has 2 N–H and O–H groups in total. The molecule has 3 aliphatic rings. The predicted molar refractivity (Wildman–Crippen MR) is 283 cm³/mol. The number of nitrogens with zero attached hydrogens (tertiary/aromatic N) is 5. The second kappa shape index (κ2) is 24.2. The number of carbonyl (C=O) groups excluding carboxylic acids is 8. The van der Waals surface area contributed by atoms with Crippen LogP contribution in [-0.2, 0) is 56.2 Å². The van der Waals surface area contributed by atoms with Crippen molar-refractivity contribution in [3.05, 3.63) is 98.5 Å². The number of aliphatic hydroxyl groups is 1. The van der Waals surface area contributed by atoms with Crippen molar-refractivity contribution in [1.82, 2.24) is 25.2 Å². The number of carbonyl (C=O) groups is 8. The zero-order valence-corrected chi connectivity index (χ0v) is 46.2. The Hall–Kier alpha value is -7.22. The van der Waals surface area contributed by atoms with Crippen LogP contribution < -0.4 is 24.4 Å². The number of aryl methyl sites for hydroxylation is 1. The van der Waals surface area contributed by atoms with Gasteiger partial charge >= 0.3 is 26.0 Å². The number of nitrogens with one attached hydrogen (secondary N) is 1. The van der Waals surface area contributed by atoms with Crippen LogP contribution in [0.15, 0.2) is 71.2 Å². The van der Waals surface area contributed by atoms with E-state index in [0.717, 1.165) is 27.2 Å². The summed E-state index contributed by atoms with van der Waals surface area (Å²) in [6, 6.07) is 15.8. The highest BCUT2D eigenvalue weighted by atomic mass is 35.5. The molecule has 0 aliphatic carbocycles. The molecule has 7 rings (SSSR count). The van der Waals surface area contributed by atoms with Gasteiger partial charge < -0.3 is 43.2 Å². The number of aromatic nitrogens is 1. The minimum atomic E-state index is -1.96. The quantitative estimate of drug-likeness (QED) is 0.0175. The number of urea groups is 1. The van der Waals surface area contributed by atoms with Gasteiger partial charge in [0.05, 0.1) is 61.2 Å². The number of halogens is 1. The molecule has 3 saturated heterocycles. The Morgan fingerprint density at radius 2 is 1.54 bits per heavy atom. The Kier molecular flexibility index (Phi) is 18.1. The first kappa shape index (κ1) is 58.5. The molecule has 4 heterocycles. The lowest BCUT2D eigenvalue weighted by atomic mass is 9.90. The van der Waals surface area contributed by atoms with Crippen LogP contribution >= 0.6 is 34.7 Å². The van der Waals surface area contributed by atoms with Crippen molar-refractivity contribution < 1.29 is 76.6 Å². The molecule has 0 saturated carbocycles. The lowest BCUT2D eigenvalue weighted by Gasteiger charge is -2.40. The van der Waals surface area contributed by atoms with Gasteiger partial charge in [-0.05, 0) is 89.1 Å². The maximum Gasteiger partial charge on any atom is 0.378 e. The fraction of sp³-hybridized carbons (Fsp3) is 0.423. The number of Topliss-reactive ketones (excluding diaryl/α,β-unsaturated/α-hetero) is 3. The number of benzene rings is 3. The van der Waals surface area contributed by atoms with E-state index in [1.807, 2.05) is 0 Å².